The molecule has 0 spiro atoms. The Morgan fingerprint density at radius 1 is 1.31 bits per heavy atom. The molecule has 1 atom stereocenters. The van der Waals surface area contributed by atoms with Crippen LogP contribution >= 0.6 is 0 Å². The van der Waals surface area contributed by atoms with E-state index in [1.54, 1.807) is 6.07 Å². The fourth-order valence-electron chi connectivity index (χ4n) is 2.84. The SMILES string of the molecule is C=CCOCC(NC(=O)c1cc(C)n(-c2cccc(C)c2)c1C)C(=O)O. The number of amides is 1. The minimum absolute atomic E-state index is 0.121. The summed E-state index contributed by atoms with van der Waals surface area (Å²) in [4.78, 5) is 24.0. The van der Waals surface area contributed by atoms with Crippen LogP contribution in [-0.2, 0) is 9.53 Å². The first-order valence-electron chi connectivity index (χ1n) is 8.33. The maximum absolute atomic E-state index is 12.6. The van der Waals surface area contributed by atoms with Gasteiger partial charge >= 0.3 is 5.97 Å². The molecule has 0 fully saturated rings. The Kier molecular flexibility index (Phi) is 6.36. The van der Waals surface area contributed by atoms with Gasteiger partial charge in [-0.1, -0.05) is 18.2 Å². The molecule has 0 saturated heterocycles. The zero-order valence-electron chi connectivity index (χ0n) is 15.3. The van der Waals surface area contributed by atoms with Gasteiger partial charge in [0, 0.05) is 17.1 Å². The Bertz CT molecular complexity index is 823. The number of nitrogens with one attached hydrogen (secondary N) is 1. The van der Waals surface area contributed by atoms with Gasteiger partial charge < -0.3 is 19.7 Å². The van der Waals surface area contributed by atoms with E-state index in [0.717, 1.165) is 22.6 Å². The van der Waals surface area contributed by atoms with E-state index in [2.05, 4.69) is 11.9 Å². The number of hydrogen-bond acceptors (Lipinski definition) is 3. The van der Waals surface area contributed by atoms with Crippen LogP contribution < -0.4 is 5.32 Å². The third-order valence-electron chi connectivity index (χ3n) is 4.06. The molecule has 0 radical (unpaired) electrons. The van der Waals surface area contributed by atoms with Gasteiger partial charge in [-0.05, 0) is 44.5 Å². The van der Waals surface area contributed by atoms with Crippen LogP contribution in [0.3, 0.4) is 0 Å². The number of nitrogens with zero attached hydrogens (tertiary/aromatic N) is 1. The topological polar surface area (TPSA) is 80.6 Å². The largest absolute Gasteiger partial charge is 0.480 e. The highest BCUT2D eigenvalue weighted by Crippen LogP contribution is 2.21. The van der Waals surface area contributed by atoms with Gasteiger partial charge in [0.25, 0.3) is 5.91 Å². The number of carboxylic acids is 1. The van der Waals surface area contributed by atoms with Crippen LogP contribution in [0.5, 0.6) is 0 Å². The molecule has 1 aromatic carbocycles. The number of rotatable bonds is 8. The van der Waals surface area contributed by atoms with Crippen molar-refractivity contribution in [2.24, 2.45) is 0 Å². The molecule has 1 heterocycles. The molecule has 2 N–H and O–H groups in total. The Morgan fingerprint density at radius 3 is 2.65 bits per heavy atom. The summed E-state index contributed by atoms with van der Waals surface area (Å²) in [6, 6.07) is 8.61. The lowest BCUT2D eigenvalue weighted by Crippen LogP contribution is -2.44. The van der Waals surface area contributed by atoms with E-state index in [1.807, 2.05) is 49.6 Å². The fourth-order valence-corrected chi connectivity index (χ4v) is 2.84. The Balaban J connectivity index is 2.25. The van der Waals surface area contributed by atoms with Crippen LogP contribution in [0.15, 0.2) is 43.0 Å². The molecule has 6 nitrogen and oxygen atoms in total. The maximum Gasteiger partial charge on any atom is 0.328 e. The lowest BCUT2D eigenvalue weighted by Gasteiger charge is -2.15. The zero-order valence-corrected chi connectivity index (χ0v) is 15.3. The second-order valence-electron chi connectivity index (χ2n) is 6.15. The number of carbonyl (C=O) groups excluding carboxylic acids is 1. The second kappa shape index (κ2) is 8.49. The molecule has 26 heavy (non-hydrogen) atoms. The number of benzene rings is 1. The van der Waals surface area contributed by atoms with E-state index >= 15 is 0 Å². The smallest absolute Gasteiger partial charge is 0.328 e. The summed E-state index contributed by atoms with van der Waals surface area (Å²) < 4.78 is 7.14. The Morgan fingerprint density at radius 2 is 2.04 bits per heavy atom. The summed E-state index contributed by atoms with van der Waals surface area (Å²) in [5.41, 5.74) is 4.17. The quantitative estimate of drug-likeness (QED) is 0.563. The van der Waals surface area contributed by atoms with E-state index in [1.165, 1.54) is 6.08 Å². The molecule has 0 bridgehead atoms. The van der Waals surface area contributed by atoms with E-state index in [4.69, 9.17) is 4.74 Å². The number of hydrogen-bond donors (Lipinski definition) is 2. The van der Waals surface area contributed by atoms with Gasteiger partial charge in [-0.3, -0.25) is 4.79 Å². The molecule has 2 rings (SSSR count). The lowest BCUT2D eigenvalue weighted by molar-refractivity contribution is -0.140. The molecule has 1 aromatic heterocycles. The molecule has 1 unspecified atom stereocenters. The highest BCUT2D eigenvalue weighted by atomic mass is 16.5. The van der Waals surface area contributed by atoms with Gasteiger partial charge in [0.05, 0.1) is 18.8 Å². The molecule has 0 saturated carbocycles. The number of carbonyl (C=O) groups is 2. The van der Waals surface area contributed by atoms with Crippen LogP contribution in [0.4, 0.5) is 0 Å². The van der Waals surface area contributed by atoms with Gasteiger partial charge in [-0.25, -0.2) is 4.79 Å². The maximum atomic E-state index is 12.6. The molecule has 6 heteroatoms. The van der Waals surface area contributed by atoms with Crippen molar-refractivity contribution in [3.63, 3.8) is 0 Å². The van der Waals surface area contributed by atoms with Gasteiger partial charge in [0.2, 0.25) is 0 Å². The van der Waals surface area contributed by atoms with Crippen molar-refractivity contribution in [1.29, 1.82) is 0 Å². The monoisotopic (exact) mass is 356 g/mol. The normalized spacial score (nSPS) is 11.8. The molecular formula is C20H24N2O4. The van der Waals surface area contributed by atoms with Crippen LogP contribution in [0.2, 0.25) is 0 Å². The van der Waals surface area contributed by atoms with Crippen molar-refractivity contribution < 1.29 is 19.4 Å². The molecular weight excluding hydrogens is 332 g/mol. The van der Waals surface area contributed by atoms with E-state index in [0.29, 0.717) is 5.56 Å². The fraction of sp³-hybridized carbons (Fsp3) is 0.300. The summed E-state index contributed by atoms with van der Waals surface area (Å²) in [5.74, 6) is -1.58. The van der Waals surface area contributed by atoms with E-state index < -0.39 is 17.9 Å². The minimum atomic E-state index is -1.14. The molecule has 0 aliphatic heterocycles. The summed E-state index contributed by atoms with van der Waals surface area (Å²) in [5, 5.41) is 11.8. The Hall–Kier alpha value is -2.86. The van der Waals surface area contributed by atoms with Gasteiger partial charge in [0.15, 0.2) is 6.04 Å². The summed E-state index contributed by atoms with van der Waals surface area (Å²) >= 11 is 0. The average Bonchev–Trinajstić information content (AvgIpc) is 2.88. The second-order valence-corrected chi connectivity index (χ2v) is 6.15. The van der Waals surface area contributed by atoms with Crippen LogP contribution in [0.25, 0.3) is 5.69 Å². The predicted molar refractivity (Wildman–Crippen MR) is 99.9 cm³/mol. The van der Waals surface area contributed by atoms with Crippen molar-refractivity contribution in [3.8, 4) is 5.69 Å². The predicted octanol–water partition coefficient (Wildman–Crippen LogP) is 2.79. The molecule has 138 valence electrons. The van der Waals surface area contributed by atoms with Gasteiger partial charge in [0.1, 0.15) is 0 Å². The lowest BCUT2D eigenvalue weighted by atomic mass is 10.2. The molecule has 1 amide bonds. The standard InChI is InChI=1S/C20H24N2O4/c1-5-9-26-12-18(20(24)25)21-19(23)17-11-14(3)22(15(17)4)16-8-6-7-13(2)10-16/h5-8,10-11,18H,1,9,12H2,2-4H3,(H,21,23)(H,24,25). The first-order valence-corrected chi connectivity index (χ1v) is 8.33. The van der Waals surface area contributed by atoms with Crippen molar-refractivity contribution in [1.82, 2.24) is 9.88 Å². The summed E-state index contributed by atoms with van der Waals surface area (Å²) in [6.45, 7) is 9.37. The first-order chi connectivity index (χ1) is 12.3. The third kappa shape index (κ3) is 4.40. The average molecular weight is 356 g/mol. The van der Waals surface area contributed by atoms with Crippen molar-refractivity contribution in [2.45, 2.75) is 26.8 Å². The number of ether oxygens (including phenoxy) is 1. The first kappa shape index (κ1) is 19.5. The highest BCUT2D eigenvalue weighted by Gasteiger charge is 2.23. The van der Waals surface area contributed by atoms with Crippen molar-refractivity contribution >= 4 is 11.9 Å². The molecule has 2 aromatic rings. The highest BCUT2D eigenvalue weighted by molar-refractivity contribution is 5.98. The third-order valence-corrected chi connectivity index (χ3v) is 4.06. The van der Waals surface area contributed by atoms with Gasteiger partial charge in [-0.2, -0.15) is 0 Å². The number of aromatic nitrogens is 1. The minimum Gasteiger partial charge on any atom is -0.480 e. The Labute approximate surface area is 153 Å². The number of aryl methyl sites for hydroxylation is 2. The van der Waals surface area contributed by atoms with Crippen molar-refractivity contribution in [3.05, 3.63) is 65.5 Å². The zero-order chi connectivity index (χ0) is 19.3. The van der Waals surface area contributed by atoms with E-state index in [-0.39, 0.29) is 13.2 Å². The van der Waals surface area contributed by atoms with Crippen LogP contribution in [0, 0.1) is 20.8 Å². The van der Waals surface area contributed by atoms with Crippen LogP contribution in [-0.4, -0.2) is 40.8 Å². The van der Waals surface area contributed by atoms with Crippen molar-refractivity contribution in [2.75, 3.05) is 13.2 Å². The van der Waals surface area contributed by atoms with Crippen LogP contribution in [0.1, 0.15) is 27.3 Å². The summed E-state index contributed by atoms with van der Waals surface area (Å²) in [7, 11) is 0. The molecule has 0 aliphatic rings. The molecule has 0 aliphatic carbocycles. The number of carboxylic acid groups (broad SMARTS) is 1. The summed E-state index contributed by atoms with van der Waals surface area (Å²) in [6.07, 6.45) is 1.52. The number of aliphatic carboxylic acids is 1. The van der Waals surface area contributed by atoms with Gasteiger partial charge in [-0.15, -0.1) is 6.58 Å². The van der Waals surface area contributed by atoms with E-state index in [9.17, 15) is 14.7 Å².